The van der Waals surface area contributed by atoms with E-state index in [1.54, 1.807) is 0 Å². The van der Waals surface area contributed by atoms with E-state index < -0.39 is 17.9 Å². The summed E-state index contributed by atoms with van der Waals surface area (Å²) in [4.78, 5) is 23.6. The molecular weight excluding hydrogens is 336 g/mol. The van der Waals surface area contributed by atoms with Crippen molar-refractivity contribution in [2.75, 3.05) is 6.61 Å². The minimum absolute atomic E-state index is 0.0137. The van der Waals surface area contributed by atoms with Gasteiger partial charge in [-0.2, -0.15) is 0 Å². The summed E-state index contributed by atoms with van der Waals surface area (Å²) in [6.45, 7) is 12.1. The summed E-state index contributed by atoms with van der Waals surface area (Å²) in [5, 5.41) is 19.3. The van der Waals surface area contributed by atoms with E-state index in [2.05, 4.69) is 20.1 Å². The standard InChI is InChI=1S/C20H34O6/c1-6-17(11-9-7-8-10-14-21)12-13-20(24,25-18(22)15(2)3)26-19(23)16(4)5/h17,21,24H,2,4,6-14H2,1,3,5H3. The Labute approximate surface area is 156 Å². The van der Waals surface area contributed by atoms with E-state index in [-0.39, 0.29) is 24.2 Å². The highest BCUT2D eigenvalue weighted by atomic mass is 16.8. The fraction of sp³-hybridized carbons (Fsp3) is 0.700. The van der Waals surface area contributed by atoms with Crippen molar-refractivity contribution in [3.63, 3.8) is 0 Å². The Morgan fingerprint density at radius 3 is 1.88 bits per heavy atom. The maximum Gasteiger partial charge on any atom is 0.373 e. The van der Waals surface area contributed by atoms with Crippen LogP contribution in [0.25, 0.3) is 0 Å². The minimum atomic E-state index is -2.32. The van der Waals surface area contributed by atoms with E-state index in [1.165, 1.54) is 13.8 Å². The predicted molar refractivity (Wildman–Crippen MR) is 99.9 cm³/mol. The first-order valence-electron chi connectivity index (χ1n) is 9.26. The number of unbranched alkanes of at least 4 members (excludes halogenated alkanes) is 3. The molecule has 0 radical (unpaired) electrons. The highest BCUT2D eigenvalue weighted by Gasteiger charge is 2.37. The molecule has 0 saturated heterocycles. The van der Waals surface area contributed by atoms with E-state index in [4.69, 9.17) is 14.6 Å². The fourth-order valence-electron chi connectivity index (χ4n) is 2.42. The van der Waals surface area contributed by atoms with Gasteiger partial charge in [0.05, 0.1) is 6.42 Å². The highest BCUT2D eigenvalue weighted by Crippen LogP contribution is 2.27. The molecule has 1 atom stereocenters. The average Bonchev–Trinajstić information content (AvgIpc) is 2.56. The smallest absolute Gasteiger partial charge is 0.373 e. The Hall–Kier alpha value is -1.66. The molecule has 6 heteroatoms. The van der Waals surface area contributed by atoms with Crippen LogP contribution in [0.2, 0.25) is 0 Å². The molecule has 0 aliphatic heterocycles. The molecule has 0 amide bonds. The lowest BCUT2D eigenvalue weighted by Gasteiger charge is -2.28. The molecule has 0 bridgehead atoms. The minimum Gasteiger partial charge on any atom is -0.396 e. The number of hydrogen-bond acceptors (Lipinski definition) is 6. The monoisotopic (exact) mass is 370 g/mol. The van der Waals surface area contributed by atoms with Crippen molar-refractivity contribution in [1.29, 1.82) is 0 Å². The molecule has 0 heterocycles. The maximum atomic E-state index is 11.8. The second kappa shape index (κ2) is 12.7. The third-order valence-electron chi connectivity index (χ3n) is 4.17. The number of ether oxygens (including phenoxy) is 2. The van der Waals surface area contributed by atoms with Crippen molar-refractivity contribution in [3.05, 3.63) is 24.3 Å². The van der Waals surface area contributed by atoms with Crippen molar-refractivity contribution < 1.29 is 29.3 Å². The molecule has 2 N–H and O–H groups in total. The Balaban J connectivity index is 4.76. The molecule has 1 unspecified atom stereocenters. The van der Waals surface area contributed by atoms with Crippen LogP contribution in [0.1, 0.15) is 72.1 Å². The van der Waals surface area contributed by atoms with Crippen LogP contribution in [0.15, 0.2) is 24.3 Å². The molecule has 0 aromatic carbocycles. The first-order chi connectivity index (χ1) is 12.1. The van der Waals surface area contributed by atoms with E-state index in [1.807, 2.05) is 0 Å². The van der Waals surface area contributed by atoms with Crippen LogP contribution in [-0.4, -0.2) is 34.7 Å². The highest BCUT2D eigenvalue weighted by molar-refractivity contribution is 5.88. The SMILES string of the molecule is C=C(C)C(=O)OC(O)(CCC(CC)CCCCCCO)OC(=O)C(=C)C. The van der Waals surface area contributed by atoms with E-state index >= 15 is 0 Å². The molecule has 0 rings (SSSR count). The van der Waals surface area contributed by atoms with Gasteiger partial charge in [0.15, 0.2) is 0 Å². The largest absolute Gasteiger partial charge is 0.396 e. The van der Waals surface area contributed by atoms with Crippen LogP contribution in [0.3, 0.4) is 0 Å². The summed E-state index contributed by atoms with van der Waals surface area (Å²) in [6.07, 6.45) is 6.25. The van der Waals surface area contributed by atoms with Crippen LogP contribution < -0.4 is 0 Å². The normalized spacial score (nSPS) is 12.3. The zero-order chi connectivity index (χ0) is 20.2. The van der Waals surface area contributed by atoms with Gasteiger partial charge >= 0.3 is 17.9 Å². The van der Waals surface area contributed by atoms with Gasteiger partial charge in [-0.15, -0.1) is 0 Å². The first-order valence-corrected chi connectivity index (χ1v) is 9.26. The number of carbonyl (C=O) groups excluding carboxylic acids is 2. The topological polar surface area (TPSA) is 93.1 Å². The lowest BCUT2D eigenvalue weighted by molar-refractivity contribution is -0.325. The van der Waals surface area contributed by atoms with Crippen LogP contribution >= 0.6 is 0 Å². The molecular formula is C20H34O6. The number of hydrogen-bond donors (Lipinski definition) is 2. The predicted octanol–water partition coefficient (Wildman–Crippen LogP) is 3.62. The van der Waals surface area contributed by atoms with Crippen LogP contribution in [0.5, 0.6) is 0 Å². The molecule has 0 aliphatic carbocycles. The van der Waals surface area contributed by atoms with Gasteiger partial charge in [0.25, 0.3) is 0 Å². The third-order valence-corrected chi connectivity index (χ3v) is 4.17. The fourth-order valence-corrected chi connectivity index (χ4v) is 2.42. The van der Waals surface area contributed by atoms with E-state index in [9.17, 15) is 14.7 Å². The van der Waals surface area contributed by atoms with Gasteiger partial charge < -0.3 is 19.7 Å². The van der Waals surface area contributed by atoms with Gasteiger partial charge in [0.2, 0.25) is 0 Å². The van der Waals surface area contributed by atoms with Gasteiger partial charge in [-0.3, -0.25) is 0 Å². The summed E-state index contributed by atoms with van der Waals surface area (Å²) < 4.78 is 9.96. The third kappa shape index (κ3) is 10.4. The molecule has 0 aromatic heterocycles. The number of aliphatic hydroxyl groups is 2. The summed E-state index contributed by atoms with van der Waals surface area (Å²) >= 11 is 0. The quantitative estimate of drug-likeness (QED) is 0.210. The van der Waals surface area contributed by atoms with Crippen molar-refractivity contribution in [2.24, 2.45) is 5.92 Å². The Morgan fingerprint density at radius 1 is 0.962 bits per heavy atom. The van der Waals surface area contributed by atoms with Crippen LogP contribution in [0, 0.1) is 5.92 Å². The second-order valence-corrected chi connectivity index (χ2v) is 6.79. The van der Waals surface area contributed by atoms with Crippen molar-refractivity contribution in [2.45, 2.75) is 78.1 Å². The van der Waals surface area contributed by atoms with Crippen LogP contribution in [0.4, 0.5) is 0 Å². The second-order valence-electron chi connectivity index (χ2n) is 6.79. The van der Waals surface area contributed by atoms with Gasteiger partial charge in [0, 0.05) is 17.8 Å². The van der Waals surface area contributed by atoms with Crippen molar-refractivity contribution in [1.82, 2.24) is 0 Å². The number of esters is 2. The van der Waals surface area contributed by atoms with Crippen molar-refractivity contribution >= 4 is 11.9 Å². The summed E-state index contributed by atoms with van der Waals surface area (Å²) in [7, 11) is 0. The molecule has 6 nitrogen and oxygen atoms in total. The Bertz CT molecular complexity index is 455. The van der Waals surface area contributed by atoms with Crippen LogP contribution in [-0.2, 0) is 19.1 Å². The zero-order valence-electron chi connectivity index (χ0n) is 16.4. The summed E-state index contributed by atoms with van der Waals surface area (Å²) in [5.74, 6) is -3.66. The van der Waals surface area contributed by atoms with Gasteiger partial charge in [-0.1, -0.05) is 52.2 Å². The van der Waals surface area contributed by atoms with Gasteiger partial charge in [-0.05, 0) is 32.6 Å². The van der Waals surface area contributed by atoms with Gasteiger partial charge in [0.1, 0.15) is 0 Å². The molecule has 0 fully saturated rings. The van der Waals surface area contributed by atoms with Crippen molar-refractivity contribution in [3.8, 4) is 0 Å². The average molecular weight is 370 g/mol. The Morgan fingerprint density at radius 2 is 1.46 bits per heavy atom. The molecule has 0 aliphatic rings. The summed E-state index contributed by atoms with van der Waals surface area (Å²) in [6, 6.07) is 0. The zero-order valence-corrected chi connectivity index (χ0v) is 16.4. The molecule has 150 valence electrons. The number of aliphatic hydroxyl groups excluding tert-OH is 1. The maximum absolute atomic E-state index is 11.8. The number of carbonyl (C=O) groups is 2. The van der Waals surface area contributed by atoms with E-state index in [0.29, 0.717) is 12.3 Å². The lowest BCUT2D eigenvalue weighted by Crippen LogP contribution is -2.40. The first kappa shape index (κ1) is 24.3. The molecule has 26 heavy (non-hydrogen) atoms. The Kier molecular flexibility index (Phi) is 11.8. The summed E-state index contributed by atoms with van der Waals surface area (Å²) in [5.41, 5.74) is 0.205. The molecule has 0 saturated carbocycles. The lowest BCUT2D eigenvalue weighted by atomic mass is 9.93. The molecule has 0 aromatic rings. The number of rotatable bonds is 14. The van der Waals surface area contributed by atoms with Gasteiger partial charge in [-0.25, -0.2) is 9.59 Å². The molecule has 0 spiro atoms. The van der Waals surface area contributed by atoms with E-state index in [0.717, 1.165) is 38.5 Å².